The highest BCUT2D eigenvalue weighted by Gasteiger charge is 2.21. The molecule has 0 spiro atoms. The number of carbonyl (C=O) groups excluding carboxylic acids is 1. The first kappa shape index (κ1) is 18.1. The van der Waals surface area contributed by atoms with Crippen LogP contribution in [0.4, 0.5) is 10.2 Å². The summed E-state index contributed by atoms with van der Waals surface area (Å²) in [5.74, 6) is 0.653. The van der Waals surface area contributed by atoms with Crippen LogP contribution in [0.25, 0.3) is 0 Å². The first-order valence-electron chi connectivity index (χ1n) is 8.11. The van der Waals surface area contributed by atoms with Crippen LogP contribution in [0.15, 0.2) is 41.0 Å². The van der Waals surface area contributed by atoms with Gasteiger partial charge in [-0.25, -0.2) is 9.37 Å². The number of carbonyl (C=O) groups is 1. The zero-order chi connectivity index (χ0) is 17.8. The first-order chi connectivity index (χ1) is 12.0. The van der Waals surface area contributed by atoms with Gasteiger partial charge in [-0.05, 0) is 36.2 Å². The molecule has 1 fully saturated rings. The quantitative estimate of drug-likeness (QED) is 0.743. The van der Waals surface area contributed by atoms with E-state index in [-0.39, 0.29) is 11.7 Å². The van der Waals surface area contributed by atoms with E-state index in [9.17, 15) is 9.18 Å². The molecule has 132 valence electrons. The van der Waals surface area contributed by atoms with E-state index in [4.69, 9.17) is 11.6 Å². The third-order valence-corrected chi connectivity index (χ3v) is 5.01. The van der Waals surface area contributed by atoms with E-state index in [0.717, 1.165) is 18.9 Å². The monoisotopic (exact) mass is 425 g/mol. The lowest BCUT2D eigenvalue weighted by Gasteiger charge is -2.35. The summed E-state index contributed by atoms with van der Waals surface area (Å²) in [4.78, 5) is 20.7. The minimum absolute atomic E-state index is 0.0611. The average Bonchev–Trinajstić information content (AvgIpc) is 2.61. The van der Waals surface area contributed by atoms with Crippen molar-refractivity contribution in [3.63, 3.8) is 0 Å². The third-order valence-electron chi connectivity index (χ3n) is 4.29. The molecule has 0 bridgehead atoms. The number of hydrogen-bond acceptors (Lipinski definition) is 3. The minimum atomic E-state index is -0.277. The van der Waals surface area contributed by atoms with Crippen LogP contribution in [0.1, 0.15) is 12.0 Å². The number of hydrogen-bond donors (Lipinski definition) is 0. The molecule has 1 saturated heterocycles. The second kappa shape index (κ2) is 8.15. The Bertz CT molecular complexity index is 748. The molecule has 2 aromatic rings. The number of amides is 1. The molecule has 25 heavy (non-hydrogen) atoms. The number of aryl methyl sites for hydroxylation is 1. The number of halogens is 3. The SMILES string of the molecule is O=C(CCc1ccc(Br)cc1F)N1CCN(c2ccc(Cl)cn2)CC1. The topological polar surface area (TPSA) is 36.4 Å². The Morgan fingerprint density at radius 1 is 1.20 bits per heavy atom. The smallest absolute Gasteiger partial charge is 0.223 e. The van der Waals surface area contributed by atoms with Gasteiger partial charge in [0.15, 0.2) is 0 Å². The van der Waals surface area contributed by atoms with Crippen LogP contribution in [-0.4, -0.2) is 42.0 Å². The molecule has 0 unspecified atom stereocenters. The highest BCUT2D eigenvalue weighted by atomic mass is 79.9. The second-order valence-corrected chi connectivity index (χ2v) is 7.29. The molecule has 3 rings (SSSR count). The van der Waals surface area contributed by atoms with E-state index in [2.05, 4.69) is 25.8 Å². The van der Waals surface area contributed by atoms with Crippen molar-refractivity contribution in [3.05, 3.63) is 57.4 Å². The summed E-state index contributed by atoms with van der Waals surface area (Å²) in [5.41, 5.74) is 0.570. The molecule has 7 heteroatoms. The van der Waals surface area contributed by atoms with Crippen molar-refractivity contribution in [2.24, 2.45) is 0 Å². The van der Waals surface area contributed by atoms with Gasteiger partial charge < -0.3 is 9.80 Å². The van der Waals surface area contributed by atoms with Gasteiger partial charge in [0.1, 0.15) is 11.6 Å². The van der Waals surface area contributed by atoms with Crippen LogP contribution in [0.5, 0.6) is 0 Å². The van der Waals surface area contributed by atoms with Gasteiger partial charge in [-0.3, -0.25) is 4.79 Å². The maximum absolute atomic E-state index is 13.8. The van der Waals surface area contributed by atoms with Crippen molar-refractivity contribution in [2.45, 2.75) is 12.8 Å². The standard InChI is InChI=1S/C18H18BrClFN3O/c19-14-3-1-13(16(21)11-14)2-6-18(25)24-9-7-23(8-10-24)17-5-4-15(20)12-22-17/h1,3-5,11-12H,2,6-10H2. The summed E-state index contributed by atoms with van der Waals surface area (Å²) in [6.45, 7) is 2.75. The maximum atomic E-state index is 13.8. The van der Waals surface area contributed by atoms with Gasteiger partial charge in [-0.2, -0.15) is 0 Å². The highest BCUT2D eigenvalue weighted by Crippen LogP contribution is 2.18. The fourth-order valence-corrected chi connectivity index (χ4v) is 3.31. The van der Waals surface area contributed by atoms with Crippen molar-refractivity contribution in [1.82, 2.24) is 9.88 Å². The summed E-state index contributed by atoms with van der Waals surface area (Å²) in [6.07, 6.45) is 2.36. The maximum Gasteiger partial charge on any atom is 0.223 e. The fourth-order valence-electron chi connectivity index (χ4n) is 2.86. The van der Waals surface area contributed by atoms with Crippen molar-refractivity contribution in [2.75, 3.05) is 31.1 Å². The van der Waals surface area contributed by atoms with Crippen molar-refractivity contribution >= 4 is 39.3 Å². The number of aromatic nitrogens is 1. The van der Waals surface area contributed by atoms with Crippen LogP contribution in [-0.2, 0) is 11.2 Å². The molecule has 0 saturated carbocycles. The zero-order valence-corrected chi connectivity index (χ0v) is 15.9. The van der Waals surface area contributed by atoms with Gasteiger partial charge in [0, 0.05) is 43.3 Å². The fraction of sp³-hybridized carbons (Fsp3) is 0.333. The molecule has 0 N–H and O–H groups in total. The van der Waals surface area contributed by atoms with Gasteiger partial charge in [-0.1, -0.05) is 33.6 Å². The number of rotatable bonds is 4. The Balaban J connectivity index is 1.50. The van der Waals surface area contributed by atoms with E-state index >= 15 is 0 Å². The molecule has 1 aromatic heterocycles. The highest BCUT2D eigenvalue weighted by molar-refractivity contribution is 9.10. The van der Waals surface area contributed by atoms with E-state index in [0.29, 0.717) is 41.0 Å². The van der Waals surface area contributed by atoms with Crippen molar-refractivity contribution in [1.29, 1.82) is 0 Å². The second-order valence-electron chi connectivity index (χ2n) is 5.94. The van der Waals surface area contributed by atoms with Crippen LogP contribution in [0.3, 0.4) is 0 Å². The summed E-state index contributed by atoms with van der Waals surface area (Å²) >= 11 is 9.09. The van der Waals surface area contributed by atoms with Crippen LogP contribution < -0.4 is 4.90 Å². The predicted molar refractivity (Wildman–Crippen MR) is 100 cm³/mol. The number of nitrogens with zero attached hydrogens (tertiary/aromatic N) is 3. The van der Waals surface area contributed by atoms with Crippen LogP contribution in [0.2, 0.25) is 5.02 Å². The van der Waals surface area contributed by atoms with E-state index in [1.807, 2.05) is 17.0 Å². The van der Waals surface area contributed by atoms with Gasteiger partial charge >= 0.3 is 0 Å². The van der Waals surface area contributed by atoms with Crippen molar-refractivity contribution in [3.8, 4) is 0 Å². The van der Waals surface area contributed by atoms with Crippen molar-refractivity contribution < 1.29 is 9.18 Å². The average molecular weight is 427 g/mol. The molecule has 1 aliphatic heterocycles. The first-order valence-corrected chi connectivity index (χ1v) is 9.28. The molecule has 0 aliphatic carbocycles. The lowest BCUT2D eigenvalue weighted by Crippen LogP contribution is -2.49. The number of pyridine rings is 1. The summed E-state index contributed by atoms with van der Waals surface area (Å²) in [7, 11) is 0. The van der Waals surface area contributed by atoms with E-state index < -0.39 is 0 Å². The number of anilines is 1. The molecule has 1 aromatic carbocycles. The largest absolute Gasteiger partial charge is 0.353 e. The minimum Gasteiger partial charge on any atom is -0.353 e. The molecular weight excluding hydrogens is 409 g/mol. The van der Waals surface area contributed by atoms with Crippen LogP contribution >= 0.6 is 27.5 Å². The molecular formula is C18H18BrClFN3O. The Kier molecular flexibility index (Phi) is 5.91. The molecule has 1 amide bonds. The molecule has 0 radical (unpaired) electrons. The lowest BCUT2D eigenvalue weighted by molar-refractivity contribution is -0.131. The summed E-state index contributed by atoms with van der Waals surface area (Å²) in [6, 6.07) is 8.64. The van der Waals surface area contributed by atoms with Gasteiger partial charge in [0.2, 0.25) is 5.91 Å². The zero-order valence-electron chi connectivity index (χ0n) is 13.6. The molecule has 2 heterocycles. The van der Waals surface area contributed by atoms with E-state index in [1.54, 1.807) is 18.3 Å². The Labute approximate surface area is 159 Å². The lowest BCUT2D eigenvalue weighted by atomic mass is 10.1. The van der Waals surface area contributed by atoms with Crippen LogP contribution in [0, 0.1) is 5.82 Å². The third kappa shape index (κ3) is 4.70. The summed E-state index contributed by atoms with van der Waals surface area (Å²) in [5, 5.41) is 0.609. The van der Waals surface area contributed by atoms with E-state index in [1.165, 1.54) is 6.07 Å². The van der Waals surface area contributed by atoms with Gasteiger partial charge in [0.25, 0.3) is 0 Å². The predicted octanol–water partition coefficient (Wildman–Crippen LogP) is 3.92. The number of piperazine rings is 1. The number of benzene rings is 1. The Morgan fingerprint density at radius 2 is 1.96 bits per heavy atom. The molecule has 4 nitrogen and oxygen atoms in total. The Hall–Kier alpha value is -1.66. The van der Waals surface area contributed by atoms with Gasteiger partial charge in [0.05, 0.1) is 5.02 Å². The summed E-state index contributed by atoms with van der Waals surface area (Å²) < 4.78 is 14.5. The molecule has 0 atom stereocenters. The van der Waals surface area contributed by atoms with Gasteiger partial charge in [-0.15, -0.1) is 0 Å². The normalized spacial score (nSPS) is 14.7. The Morgan fingerprint density at radius 3 is 2.60 bits per heavy atom. The molecule has 1 aliphatic rings.